The molecule has 0 radical (unpaired) electrons. The Morgan fingerprint density at radius 3 is 2.33 bits per heavy atom. The Kier molecular flexibility index (Phi) is 6.49. The fourth-order valence-electron chi connectivity index (χ4n) is 3.37. The van der Waals surface area contributed by atoms with Crippen molar-refractivity contribution in [2.45, 2.75) is 63.8 Å². The van der Waals surface area contributed by atoms with E-state index in [1.807, 2.05) is 0 Å². The zero-order chi connectivity index (χ0) is 15.1. The van der Waals surface area contributed by atoms with E-state index >= 15 is 0 Å². The summed E-state index contributed by atoms with van der Waals surface area (Å²) in [6, 6.07) is 0.177. The molecule has 2 aliphatic rings. The number of rotatable bonds is 6. The van der Waals surface area contributed by atoms with Crippen molar-refractivity contribution < 1.29 is 19.4 Å². The molecule has 0 atom stereocenters. The summed E-state index contributed by atoms with van der Waals surface area (Å²) in [5.41, 5.74) is 0. The Morgan fingerprint density at radius 1 is 1.05 bits per heavy atom. The van der Waals surface area contributed by atoms with Crippen LogP contribution in [0.1, 0.15) is 57.8 Å². The van der Waals surface area contributed by atoms with E-state index in [4.69, 9.17) is 9.84 Å². The van der Waals surface area contributed by atoms with Crippen LogP contribution in [0.2, 0.25) is 0 Å². The van der Waals surface area contributed by atoms with Gasteiger partial charge in [-0.05, 0) is 57.3 Å². The quantitative estimate of drug-likeness (QED) is 0.789. The fraction of sp³-hybridized carbons (Fsp3) is 0.875. The van der Waals surface area contributed by atoms with E-state index < -0.39 is 5.97 Å². The Labute approximate surface area is 126 Å². The van der Waals surface area contributed by atoms with Crippen molar-refractivity contribution in [2.75, 3.05) is 13.2 Å². The van der Waals surface area contributed by atoms with E-state index in [1.165, 1.54) is 0 Å². The highest BCUT2D eigenvalue weighted by Crippen LogP contribution is 2.25. The smallest absolute Gasteiger partial charge is 0.306 e. The van der Waals surface area contributed by atoms with E-state index in [1.54, 1.807) is 0 Å². The molecular weight excluding hydrogens is 270 g/mol. The molecule has 0 bridgehead atoms. The second-order valence-electron chi connectivity index (χ2n) is 6.40. The zero-order valence-corrected chi connectivity index (χ0v) is 12.7. The van der Waals surface area contributed by atoms with Crippen molar-refractivity contribution in [2.24, 2.45) is 11.8 Å². The summed E-state index contributed by atoms with van der Waals surface area (Å²) in [5.74, 6) is -0.0682. The number of aliphatic carboxylic acids is 1. The van der Waals surface area contributed by atoms with Crippen LogP contribution in [-0.4, -0.2) is 36.2 Å². The minimum atomic E-state index is -0.698. The number of carbonyl (C=O) groups is 2. The molecule has 2 fully saturated rings. The number of carboxylic acid groups (broad SMARTS) is 1. The van der Waals surface area contributed by atoms with E-state index in [2.05, 4.69) is 5.32 Å². The van der Waals surface area contributed by atoms with Gasteiger partial charge in [-0.3, -0.25) is 9.59 Å². The first-order valence-corrected chi connectivity index (χ1v) is 8.25. The van der Waals surface area contributed by atoms with Gasteiger partial charge < -0.3 is 15.2 Å². The van der Waals surface area contributed by atoms with E-state index in [-0.39, 0.29) is 17.9 Å². The minimum Gasteiger partial charge on any atom is -0.481 e. The van der Waals surface area contributed by atoms with Crippen molar-refractivity contribution in [3.63, 3.8) is 0 Å². The molecule has 21 heavy (non-hydrogen) atoms. The number of hydrogen-bond acceptors (Lipinski definition) is 3. The lowest BCUT2D eigenvalue weighted by Crippen LogP contribution is -2.38. The normalized spacial score (nSPS) is 27.2. The second-order valence-corrected chi connectivity index (χ2v) is 6.40. The SMILES string of the molecule is O=C(CCCC1CCOCC1)NC1CCC(C(=O)O)CC1. The summed E-state index contributed by atoms with van der Waals surface area (Å²) in [6.07, 6.45) is 7.86. The molecule has 0 aromatic rings. The van der Waals surface area contributed by atoms with Crippen LogP contribution in [0, 0.1) is 11.8 Å². The van der Waals surface area contributed by atoms with Crippen LogP contribution >= 0.6 is 0 Å². The summed E-state index contributed by atoms with van der Waals surface area (Å²) in [4.78, 5) is 22.8. The van der Waals surface area contributed by atoms with Crippen molar-refractivity contribution in [1.29, 1.82) is 0 Å². The molecule has 1 aliphatic heterocycles. The molecule has 1 aliphatic carbocycles. The van der Waals surface area contributed by atoms with Gasteiger partial charge in [0.1, 0.15) is 0 Å². The van der Waals surface area contributed by atoms with E-state index in [9.17, 15) is 9.59 Å². The lowest BCUT2D eigenvalue weighted by atomic mass is 9.86. The number of nitrogens with one attached hydrogen (secondary N) is 1. The van der Waals surface area contributed by atoms with Crippen molar-refractivity contribution in [3.05, 3.63) is 0 Å². The predicted molar refractivity (Wildman–Crippen MR) is 78.9 cm³/mol. The summed E-state index contributed by atoms with van der Waals surface area (Å²) < 4.78 is 5.33. The molecule has 0 spiro atoms. The molecule has 5 nitrogen and oxygen atoms in total. The second kappa shape index (κ2) is 8.37. The van der Waals surface area contributed by atoms with Gasteiger partial charge in [0, 0.05) is 25.7 Å². The number of amides is 1. The molecule has 2 rings (SSSR count). The van der Waals surface area contributed by atoms with Gasteiger partial charge in [-0.2, -0.15) is 0 Å². The van der Waals surface area contributed by atoms with Crippen LogP contribution in [0.25, 0.3) is 0 Å². The summed E-state index contributed by atoms with van der Waals surface area (Å²) in [6.45, 7) is 1.73. The summed E-state index contributed by atoms with van der Waals surface area (Å²) >= 11 is 0. The summed E-state index contributed by atoms with van der Waals surface area (Å²) in [7, 11) is 0. The Balaban J connectivity index is 1.56. The monoisotopic (exact) mass is 297 g/mol. The third-order valence-corrected chi connectivity index (χ3v) is 4.80. The highest BCUT2D eigenvalue weighted by molar-refractivity contribution is 5.76. The average molecular weight is 297 g/mol. The average Bonchev–Trinajstić information content (AvgIpc) is 2.49. The molecular formula is C16H27NO4. The third-order valence-electron chi connectivity index (χ3n) is 4.80. The minimum absolute atomic E-state index is 0.126. The molecule has 2 N–H and O–H groups in total. The van der Waals surface area contributed by atoms with Gasteiger partial charge in [-0.15, -0.1) is 0 Å². The first-order valence-electron chi connectivity index (χ1n) is 8.25. The standard InChI is InChI=1S/C16H27NO4/c18-15(3-1-2-12-8-10-21-11-9-12)17-14-6-4-13(5-7-14)16(19)20/h12-14H,1-11H2,(H,17,18)(H,19,20). The molecule has 1 amide bonds. The van der Waals surface area contributed by atoms with Gasteiger partial charge in [-0.25, -0.2) is 0 Å². The van der Waals surface area contributed by atoms with Crippen molar-refractivity contribution in [1.82, 2.24) is 5.32 Å². The third kappa shape index (κ3) is 5.65. The maximum atomic E-state index is 11.9. The molecule has 0 aromatic heterocycles. The van der Waals surface area contributed by atoms with Crippen LogP contribution in [0.15, 0.2) is 0 Å². The number of carbonyl (C=O) groups excluding carboxylic acids is 1. The fourth-order valence-corrected chi connectivity index (χ4v) is 3.37. The molecule has 0 aromatic carbocycles. The van der Waals surface area contributed by atoms with Gasteiger partial charge in [-0.1, -0.05) is 0 Å². The molecule has 1 heterocycles. The topological polar surface area (TPSA) is 75.6 Å². The predicted octanol–water partition coefficient (Wildman–Crippen LogP) is 2.34. The highest BCUT2D eigenvalue weighted by Gasteiger charge is 2.26. The highest BCUT2D eigenvalue weighted by atomic mass is 16.5. The first kappa shape index (κ1) is 16.3. The van der Waals surface area contributed by atoms with Crippen molar-refractivity contribution >= 4 is 11.9 Å². The number of carboxylic acids is 1. The molecule has 120 valence electrons. The largest absolute Gasteiger partial charge is 0.481 e. The van der Waals surface area contributed by atoms with Gasteiger partial charge in [0.2, 0.25) is 5.91 Å². The van der Waals surface area contributed by atoms with Crippen LogP contribution in [-0.2, 0) is 14.3 Å². The van der Waals surface area contributed by atoms with Gasteiger partial charge in [0.15, 0.2) is 0 Å². The van der Waals surface area contributed by atoms with Crippen LogP contribution in [0.4, 0.5) is 0 Å². The Morgan fingerprint density at radius 2 is 1.71 bits per heavy atom. The Hall–Kier alpha value is -1.10. The van der Waals surface area contributed by atoms with Crippen LogP contribution in [0.5, 0.6) is 0 Å². The van der Waals surface area contributed by atoms with Crippen LogP contribution in [0.3, 0.4) is 0 Å². The molecule has 5 heteroatoms. The maximum absolute atomic E-state index is 11.9. The van der Waals surface area contributed by atoms with Gasteiger partial charge in [0.05, 0.1) is 5.92 Å². The van der Waals surface area contributed by atoms with Gasteiger partial charge >= 0.3 is 5.97 Å². The molecule has 1 saturated carbocycles. The maximum Gasteiger partial charge on any atom is 0.306 e. The first-order chi connectivity index (χ1) is 10.1. The molecule has 1 saturated heterocycles. The lowest BCUT2D eigenvalue weighted by molar-refractivity contribution is -0.142. The van der Waals surface area contributed by atoms with E-state index in [0.29, 0.717) is 19.3 Å². The molecule has 0 unspecified atom stereocenters. The van der Waals surface area contributed by atoms with Crippen LogP contribution < -0.4 is 5.32 Å². The summed E-state index contributed by atoms with van der Waals surface area (Å²) in [5, 5.41) is 12.0. The van der Waals surface area contributed by atoms with Gasteiger partial charge in [0.25, 0.3) is 0 Å². The Bertz CT molecular complexity index is 344. The van der Waals surface area contributed by atoms with Crippen molar-refractivity contribution in [3.8, 4) is 0 Å². The zero-order valence-electron chi connectivity index (χ0n) is 12.7. The number of ether oxygens (including phenoxy) is 1. The lowest BCUT2D eigenvalue weighted by Gasteiger charge is -2.27. The number of hydrogen-bond donors (Lipinski definition) is 2. The van der Waals surface area contributed by atoms with E-state index in [0.717, 1.165) is 57.7 Å².